The Morgan fingerprint density at radius 3 is 2.41 bits per heavy atom. The van der Waals surface area contributed by atoms with Gasteiger partial charge in [-0.3, -0.25) is 0 Å². The van der Waals surface area contributed by atoms with E-state index in [0.717, 1.165) is 24.2 Å². The summed E-state index contributed by atoms with van der Waals surface area (Å²) in [5.74, 6) is 3.50. The van der Waals surface area contributed by atoms with Gasteiger partial charge >= 0.3 is 0 Å². The summed E-state index contributed by atoms with van der Waals surface area (Å²) in [5.41, 5.74) is 3.28. The van der Waals surface area contributed by atoms with Crippen LogP contribution in [-0.4, -0.2) is 11.2 Å². The molecule has 1 saturated carbocycles. The van der Waals surface area contributed by atoms with Gasteiger partial charge in [0.25, 0.3) is 0 Å². The van der Waals surface area contributed by atoms with Gasteiger partial charge in [-0.25, -0.2) is 0 Å². The van der Waals surface area contributed by atoms with E-state index in [4.69, 9.17) is 0 Å². The Kier molecular flexibility index (Phi) is 5.12. The number of rotatable bonds is 2. The molecule has 6 atom stereocenters. The van der Waals surface area contributed by atoms with Crippen LogP contribution in [0.15, 0.2) is 23.3 Å². The highest BCUT2D eigenvalue weighted by molar-refractivity contribution is 5.24. The zero-order valence-corrected chi connectivity index (χ0v) is 14.7. The third-order valence-corrected chi connectivity index (χ3v) is 6.33. The zero-order valence-electron chi connectivity index (χ0n) is 14.7. The second-order valence-corrected chi connectivity index (χ2v) is 8.65. The molecule has 3 aliphatic carbocycles. The lowest BCUT2D eigenvalue weighted by Gasteiger charge is -2.38. The molecule has 0 aromatic rings. The lowest BCUT2D eigenvalue weighted by molar-refractivity contribution is 0.0652. The molecule has 0 aromatic carbocycles. The Morgan fingerprint density at radius 1 is 0.864 bits per heavy atom. The maximum Gasteiger partial charge on any atom is 0.0605 e. The van der Waals surface area contributed by atoms with E-state index in [1.54, 1.807) is 11.1 Å². The van der Waals surface area contributed by atoms with Crippen molar-refractivity contribution in [2.75, 3.05) is 0 Å². The summed E-state index contributed by atoms with van der Waals surface area (Å²) in [6.45, 7) is 7.16. The molecule has 0 amide bonds. The predicted molar refractivity (Wildman–Crippen MR) is 93.6 cm³/mol. The standard InChI is InChI=1S/C21H34O/c1-14-5-4-6-17(9-14)18-10-16(3)11-19(13-18)20-12-15(2)7-8-21(20)22/h6,13-16,18,20-22H,4-5,7-12H2,1-3H3. The van der Waals surface area contributed by atoms with Gasteiger partial charge in [0.1, 0.15) is 0 Å². The van der Waals surface area contributed by atoms with E-state index in [0.29, 0.717) is 11.8 Å². The average Bonchev–Trinajstić information content (AvgIpc) is 2.49. The van der Waals surface area contributed by atoms with Gasteiger partial charge in [0.2, 0.25) is 0 Å². The van der Waals surface area contributed by atoms with Crippen molar-refractivity contribution in [2.24, 2.45) is 29.6 Å². The number of aliphatic hydroxyl groups excluding tert-OH is 1. The highest BCUT2D eigenvalue weighted by Crippen LogP contribution is 2.43. The number of allylic oxidation sites excluding steroid dienone is 3. The van der Waals surface area contributed by atoms with Crippen molar-refractivity contribution in [1.29, 1.82) is 0 Å². The summed E-state index contributed by atoms with van der Waals surface area (Å²) in [7, 11) is 0. The maximum absolute atomic E-state index is 10.5. The van der Waals surface area contributed by atoms with Crippen molar-refractivity contribution in [3.8, 4) is 0 Å². The van der Waals surface area contributed by atoms with Crippen LogP contribution in [0.1, 0.15) is 72.1 Å². The Morgan fingerprint density at radius 2 is 1.64 bits per heavy atom. The van der Waals surface area contributed by atoms with Crippen molar-refractivity contribution in [3.05, 3.63) is 23.3 Å². The molecule has 0 aromatic heterocycles. The van der Waals surface area contributed by atoms with Gasteiger partial charge in [-0.1, -0.05) is 44.1 Å². The van der Waals surface area contributed by atoms with E-state index in [2.05, 4.69) is 32.9 Å². The third kappa shape index (κ3) is 3.67. The quantitative estimate of drug-likeness (QED) is 0.667. The summed E-state index contributed by atoms with van der Waals surface area (Å²) in [5, 5.41) is 10.5. The molecule has 0 spiro atoms. The van der Waals surface area contributed by atoms with Crippen LogP contribution in [0.3, 0.4) is 0 Å². The summed E-state index contributed by atoms with van der Waals surface area (Å²) in [4.78, 5) is 0. The van der Waals surface area contributed by atoms with E-state index >= 15 is 0 Å². The normalized spacial score (nSPS) is 43.5. The van der Waals surface area contributed by atoms with Crippen LogP contribution in [0, 0.1) is 29.6 Å². The van der Waals surface area contributed by atoms with E-state index in [9.17, 15) is 5.11 Å². The van der Waals surface area contributed by atoms with Gasteiger partial charge in [-0.05, 0) is 75.0 Å². The van der Waals surface area contributed by atoms with Gasteiger partial charge in [-0.2, -0.15) is 0 Å². The number of hydrogen-bond donors (Lipinski definition) is 1. The van der Waals surface area contributed by atoms with E-state index in [1.165, 1.54) is 44.9 Å². The fourth-order valence-corrected chi connectivity index (χ4v) is 5.05. The Hall–Kier alpha value is -0.560. The first-order chi connectivity index (χ1) is 10.5. The summed E-state index contributed by atoms with van der Waals surface area (Å²) < 4.78 is 0. The summed E-state index contributed by atoms with van der Waals surface area (Å²) in [6.07, 6.45) is 14.9. The number of hydrogen-bond acceptors (Lipinski definition) is 1. The molecule has 6 unspecified atom stereocenters. The van der Waals surface area contributed by atoms with Crippen molar-refractivity contribution < 1.29 is 5.11 Å². The van der Waals surface area contributed by atoms with Gasteiger partial charge < -0.3 is 5.11 Å². The van der Waals surface area contributed by atoms with Crippen molar-refractivity contribution in [2.45, 2.75) is 78.2 Å². The topological polar surface area (TPSA) is 20.2 Å². The molecule has 0 heterocycles. The summed E-state index contributed by atoms with van der Waals surface area (Å²) >= 11 is 0. The van der Waals surface area contributed by atoms with Crippen LogP contribution in [0.5, 0.6) is 0 Å². The van der Waals surface area contributed by atoms with E-state index in [-0.39, 0.29) is 6.10 Å². The highest BCUT2D eigenvalue weighted by Gasteiger charge is 2.33. The molecular formula is C21H34O. The van der Waals surface area contributed by atoms with Gasteiger partial charge in [-0.15, -0.1) is 0 Å². The zero-order chi connectivity index (χ0) is 15.7. The maximum atomic E-state index is 10.5. The molecule has 1 nitrogen and oxygen atoms in total. The highest BCUT2D eigenvalue weighted by atomic mass is 16.3. The molecular weight excluding hydrogens is 268 g/mol. The second kappa shape index (κ2) is 6.91. The van der Waals surface area contributed by atoms with E-state index in [1.807, 2.05) is 0 Å². The SMILES string of the molecule is CC1CCC=C(C2C=C(C3CC(C)CCC3O)CC(C)C2)C1. The van der Waals surface area contributed by atoms with Gasteiger partial charge in [0.05, 0.1) is 6.10 Å². The Labute approximate surface area is 136 Å². The minimum Gasteiger partial charge on any atom is -0.393 e. The molecule has 0 saturated heterocycles. The fourth-order valence-electron chi connectivity index (χ4n) is 5.05. The van der Waals surface area contributed by atoms with Crippen LogP contribution in [0.25, 0.3) is 0 Å². The van der Waals surface area contributed by atoms with Crippen molar-refractivity contribution in [1.82, 2.24) is 0 Å². The molecule has 1 fully saturated rings. The summed E-state index contributed by atoms with van der Waals surface area (Å²) in [6, 6.07) is 0. The van der Waals surface area contributed by atoms with Crippen molar-refractivity contribution >= 4 is 0 Å². The van der Waals surface area contributed by atoms with Crippen LogP contribution in [-0.2, 0) is 0 Å². The molecule has 0 bridgehead atoms. The van der Waals surface area contributed by atoms with Crippen LogP contribution in [0.2, 0.25) is 0 Å². The largest absolute Gasteiger partial charge is 0.393 e. The molecule has 0 aliphatic heterocycles. The first-order valence-electron chi connectivity index (χ1n) is 9.60. The molecule has 1 N–H and O–H groups in total. The number of aliphatic hydroxyl groups is 1. The molecule has 22 heavy (non-hydrogen) atoms. The molecule has 3 aliphatic rings. The minimum atomic E-state index is -0.0901. The second-order valence-electron chi connectivity index (χ2n) is 8.65. The van der Waals surface area contributed by atoms with Crippen molar-refractivity contribution in [3.63, 3.8) is 0 Å². The lowest BCUT2D eigenvalue weighted by atomic mass is 9.69. The predicted octanol–water partition coefficient (Wildman–Crippen LogP) is 5.50. The monoisotopic (exact) mass is 302 g/mol. The smallest absolute Gasteiger partial charge is 0.0605 e. The first kappa shape index (κ1) is 16.3. The van der Waals surface area contributed by atoms with Gasteiger partial charge in [0.15, 0.2) is 0 Å². The average molecular weight is 303 g/mol. The molecule has 3 rings (SSSR count). The minimum absolute atomic E-state index is 0.0901. The van der Waals surface area contributed by atoms with Crippen LogP contribution >= 0.6 is 0 Å². The lowest BCUT2D eigenvalue weighted by Crippen LogP contribution is -2.32. The van der Waals surface area contributed by atoms with Crippen LogP contribution < -0.4 is 0 Å². The molecule has 124 valence electrons. The first-order valence-corrected chi connectivity index (χ1v) is 9.60. The Bertz CT molecular complexity index is 447. The fraction of sp³-hybridized carbons (Fsp3) is 0.810. The van der Waals surface area contributed by atoms with Gasteiger partial charge in [0, 0.05) is 5.92 Å². The molecule has 1 heteroatoms. The third-order valence-electron chi connectivity index (χ3n) is 6.33. The molecule has 0 radical (unpaired) electrons. The Balaban J connectivity index is 1.79. The van der Waals surface area contributed by atoms with Crippen LogP contribution in [0.4, 0.5) is 0 Å². The van der Waals surface area contributed by atoms with E-state index < -0.39 is 0 Å².